The van der Waals surface area contributed by atoms with Crippen molar-refractivity contribution in [1.29, 1.82) is 0 Å². The topological polar surface area (TPSA) is 12.0 Å². The Hall–Kier alpha value is -0.240. The first-order chi connectivity index (χ1) is 8.09. The number of benzene rings is 1. The Balaban J connectivity index is 1.88. The molecule has 1 aromatic rings. The lowest BCUT2D eigenvalue weighted by Gasteiger charge is -2.08. The Morgan fingerprint density at radius 2 is 2.12 bits per heavy atom. The van der Waals surface area contributed by atoms with Crippen LogP contribution in [0.25, 0.3) is 0 Å². The summed E-state index contributed by atoms with van der Waals surface area (Å²) in [6, 6.07) is 5.93. The monoisotopic (exact) mass is 271 g/mol. The molecule has 2 rings (SSSR count). The number of hydrogen-bond donors (Lipinski definition) is 1. The third-order valence-corrected chi connectivity index (χ3v) is 4.10. The maximum absolute atomic E-state index is 6.23. The highest BCUT2D eigenvalue weighted by Gasteiger charge is 2.39. The number of nitrogens with one attached hydrogen (secondary N) is 1. The van der Waals surface area contributed by atoms with E-state index in [2.05, 4.69) is 25.2 Å². The zero-order chi connectivity index (χ0) is 12.4. The molecule has 1 aliphatic rings. The smallest absolute Gasteiger partial charge is 0.0627 e. The summed E-state index contributed by atoms with van der Waals surface area (Å²) in [7, 11) is 0. The van der Waals surface area contributed by atoms with Gasteiger partial charge in [-0.15, -0.1) is 0 Å². The van der Waals surface area contributed by atoms with Gasteiger partial charge in [-0.3, -0.25) is 0 Å². The van der Waals surface area contributed by atoms with Gasteiger partial charge in [-0.2, -0.15) is 0 Å². The average Bonchev–Trinajstić information content (AvgIpc) is 3.01. The van der Waals surface area contributed by atoms with Gasteiger partial charge in [0.05, 0.1) is 10.0 Å². The van der Waals surface area contributed by atoms with Crippen LogP contribution in [-0.2, 0) is 0 Å². The van der Waals surface area contributed by atoms with Crippen molar-refractivity contribution >= 4 is 23.2 Å². The third kappa shape index (κ3) is 3.37. The predicted octanol–water partition coefficient (Wildman–Crippen LogP) is 4.34. The summed E-state index contributed by atoms with van der Waals surface area (Å²) in [6.07, 6.45) is 1.23. The molecule has 0 bridgehead atoms. The van der Waals surface area contributed by atoms with Crippen molar-refractivity contribution in [3.8, 4) is 0 Å². The van der Waals surface area contributed by atoms with Crippen molar-refractivity contribution in [1.82, 2.24) is 5.32 Å². The molecule has 1 aliphatic carbocycles. The van der Waals surface area contributed by atoms with E-state index >= 15 is 0 Å². The average molecular weight is 272 g/mol. The Morgan fingerprint density at radius 1 is 1.35 bits per heavy atom. The van der Waals surface area contributed by atoms with E-state index in [0.717, 1.165) is 24.0 Å². The van der Waals surface area contributed by atoms with E-state index < -0.39 is 0 Å². The molecule has 17 heavy (non-hydrogen) atoms. The first-order valence-electron chi connectivity index (χ1n) is 6.24. The van der Waals surface area contributed by atoms with Crippen molar-refractivity contribution < 1.29 is 0 Å². The molecule has 0 aliphatic heterocycles. The predicted molar refractivity (Wildman–Crippen MR) is 75.0 cm³/mol. The summed E-state index contributed by atoms with van der Waals surface area (Å²) >= 11 is 12.3. The fourth-order valence-corrected chi connectivity index (χ4v) is 2.67. The summed E-state index contributed by atoms with van der Waals surface area (Å²) in [5, 5.41) is 4.92. The van der Waals surface area contributed by atoms with Crippen molar-refractivity contribution in [2.45, 2.75) is 26.2 Å². The Labute approximate surface area is 114 Å². The molecule has 1 saturated carbocycles. The summed E-state index contributed by atoms with van der Waals surface area (Å²) in [4.78, 5) is 0. The molecule has 2 atom stereocenters. The van der Waals surface area contributed by atoms with Crippen LogP contribution < -0.4 is 5.32 Å². The standard InChI is InChI=1S/C14H19Cl2N/c1-9(2)7-17-8-10-6-12(10)11-4-3-5-13(15)14(11)16/h3-5,9-10,12,17H,6-8H2,1-2H3. The highest BCUT2D eigenvalue weighted by molar-refractivity contribution is 6.42. The fraction of sp³-hybridized carbons (Fsp3) is 0.571. The van der Waals surface area contributed by atoms with Gasteiger partial charge in [0.25, 0.3) is 0 Å². The molecule has 0 radical (unpaired) electrons. The van der Waals surface area contributed by atoms with Crippen LogP contribution >= 0.6 is 23.2 Å². The number of rotatable bonds is 5. The van der Waals surface area contributed by atoms with Crippen molar-refractivity contribution in [2.24, 2.45) is 11.8 Å². The first-order valence-corrected chi connectivity index (χ1v) is 6.99. The van der Waals surface area contributed by atoms with E-state index in [-0.39, 0.29) is 0 Å². The lowest BCUT2D eigenvalue weighted by Crippen LogP contribution is -2.22. The van der Waals surface area contributed by atoms with Gasteiger partial charge < -0.3 is 5.32 Å². The molecule has 3 heteroatoms. The maximum Gasteiger partial charge on any atom is 0.0627 e. The molecule has 0 aromatic heterocycles. The van der Waals surface area contributed by atoms with E-state index in [1.54, 1.807) is 0 Å². The zero-order valence-corrected chi connectivity index (χ0v) is 11.9. The van der Waals surface area contributed by atoms with Gasteiger partial charge in [0, 0.05) is 0 Å². The fourth-order valence-electron chi connectivity index (χ4n) is 2.22. The Bertz CT molecular complexity index is 390. The van der Waals surface area contributed by atoms with Gasteiger partial charge in [-0.1, -0.05) is 49.2 Å². The zero-order valence-electron chi connectivity index (χ0n) is 10.3. The van der Waals surface area contributed by atoms with Gasteiger partial charge in [0.1, 0.15) is 0 Å². The van der Waals surface area contributed by atoms with Gasteiger partial charge in [0.2, 0.25) is 0 Å². The molecule has 2 unspecified atom stereocenters. The van der Waals surface area contributed by atoms with Crippen LogP contribution in [0, 0.1) is 11.8 Å². The Kier molecular flexibility index (Phi) is 4.35. The molecular formula is C14H19Cl2N. The van der Waals surface area contributed by atoms with Crippen molar-refractivity contribution in [2.75, 3.05) is 13.1 Å². The third-order valence-electron chi connectivity index (χ3n) is 3.26. The molecule has 94 valence electrons. The van der Waals surface area contributed by atoms with Gasteiger partial charge >= 0.3 is 0 Å². The second-order valence-corrected chi connectivity index (χ2v) is 6.08. The molecule has 0 amide bonds. The molecule has 1 aromatic carbocycles. The van der Waals surface area contributed by atoms with Crippen LogP contribution in [-0.4, -0.2) is 13.1 Å². The van der Waals surface area contributed by atoms with Gasteiger partial charge in [-0.05, 0) is 48.9 Å². The first kappa shape index (κ1) is 13.2. The van der Waals surface area contributed by atoms with E-state index in [4.69, 9.17) is 23.2 Å². The normalized spacial score (nSPS) is 23.1. The van der Waals surface area contributed by atoms with E-state index in [0.29, 0.717) is 16.9 Å². The lowest BCUT2D eigenvalue weighted by molar-refractivity contribution is 0.532. The van der Waals surface area contributed by atoms with Crippen LogP contribution in [0.1, 0.15) is 31.7 Å². The molecule has 0 saturated heterocycles. The SMILES string of the molecule is CC(C)CNCC1CC1c1cccc(Cl)c1Cl. The maximum atomic E-state index is 6.23. The molecule has 1 fully saturated rings. The largest absolute Gasteiger partial charge is 0.316 e. The highest BCUT2D eigenvalue weighted by atomic mass is 35.5. The van der Waals surface area contributed by atoms with E-state index in [9.17, 15) is 0 Å². The second kappa shape index (κ2) is 5.60. The molecule has 1 N–H and O–H groups in total. The molecule has 0 heterocycles. The molecule has 1 nitrogen and oxygen atoms in total. The van der Waals surface area contributed by atoms with E-state index in [1.165, 1.54) is 12.0 Å². The minimum absolute atomic E-state index is 0.598. The summed E-state index contributed by atoms with van der Waals surface area (Å²) in [5.41, 5.74) is 1.22. The Morgan fingerprint density at radius 3 is 2.82 bits per heavy atom. The number of halogens is 2. The summed E-state index contributed by atoms with van der Waals surface area (Å²) in [5.74, 6) is 2.03. The minimum Gasteiger partial charge on any atom is -0.316 e. The number of hydrogen-bond acceptors (Lipinski definition) is 1. The van der Waals surface area contributed by atoms with Crippen LogP contribution in [0.4, 0.5) is 0 Å². The van der Waals surface area contributed by atoms with E-state index in [1.807, 2.05) is 12.1 Å². The van der Waals surface area contributed by atoms with Gasteiger partial charge in [-0.25, -0.2) is 0 Å². The summed E-state index contributed by atoms with van der Waals surface area (Å²) in [6.45, 7) is 6.63. The van der Waals surface area contributed by atoms with Crippen LogP contribution in [0.15, 0.2) is 18.2 Å². The highest BCUT2D eigenvalue weighted by Crippen LogP contribution is 2.50. The summed E-state index contributed by atoms with van der Waals surface area (Å²) < 4.78 is 0. The minimum atomic E-state index is 0.598. The van der Waals surface area contributed by atoms with Crippen LogP contribution in [0.2, 0.25) is 10.0 Å². The quantitative estimate of drug-likeness (QED) is 0.840. The van der Waals surface area contributed by atoms with Crippen molar-refractivity contribution in [3.05, 3.63) is 33.8 Å². The van der Waals surface area contributed by atoms with Crippen LogP contribution in [0.5, 0.6) is 0 Å². The molecular weight excluding hydrogens is 253 g/mol. The van der Waals surface area contributed by atoms with Crippen LogP contribution in [0.3, 0.4) is 0 Å². The lowest BCUT2D eigenvalue weighted by atomic mass is 10.1. The van der Waals surface area contributed by atoms with Gasteiger partial charge in [0.15, 0.2) is 0 Å². The van der Waals surface area contributed by atoms with Crippen molar-refractivity contribution in [3.63, 3.8) is 0 Å². The molecule has 0 spiro atoms. The second-order valence-electron chi connectivity index (χ2n) is 5.30.